The van der Waals surface area contributed by atoms with E-state index in [9.17, 15) is 4.79 Å². The second kappa shape index (κ2) is 6.66. The second-order valence-electron chi connectivity index (χ2n) is 6.73. The monoisotopic (exact) mass is 382 g/mol. The molecule has 134 valence electrons. The quantitative estimate of drug-likeness (QED) is 0.310. The molecule has 2 nitrogen and oxygen atoms in total. The molecule has 0 aliphatic carbocycles. The molecule has 0 aliphatic heterocycles. The molecule has 3 heteroatoms. The number of halogens is 1. The van der Waals surface area contributed by atoms with Crippen molar-refractivity contribution in [2.75, 3.05) is 0 Å². The second-order valence-corrected chi connectivity index (χ2v) is 7.17. The average molecular weight is 383 g/mol. The van der Waals surface area contributed by atoms with Gasteiger partial charge in [0.15, 0.2) is 5.78 Å². The van der Waals surface area contributed by atoms with Gasteiger partial charge in [0.25, 0.3) is 0 Å². The molecule has 0 saturated heterocycles. The zero-order chi connectivity index (χ0) is 19.1. The average Bonchev–Trinajstić information content (AvgIpc) is 3.11. The lowest BCUT2D eigenvalue weighted by Gasteiger charge is -2.07. The van der Waals surface area contributed by atoms with Gasteiger partial charge < -0.3 is 4.42 Å². The lowest BCUT2D eigenvalue weighted by atomic mass is 9.97. The molecule has 5 rings (SSSR count). The van der Waals surface area contributed by atoms with Crippen molar-refractivity contribution in [2.24, 2.45) is 0 Å². The zero-order valence-electron chi connectivity index (χ0n) is 14.9. The Morgan fingerprint density at radius 3 is 2.25 bits per heavy atom. The molecule has 0 unspecified atom stereocenters. The summed E-state index contributed by atoms with van der Waals surface area (Å²) in [5.41, 5.74) is 4.81. The van der Waals surface area contributed by atoms with E-state index in [-0.39, 0.29) is 5.78 Å². The van der Waals surface area contributed by atoms with Gasteiger partial charge >= 0.3 is 0 Å². The number of benzene rings is 4. The molecule has 0 fully saturated rings. The smallest absolute Gasteiger partial charge is 0.193 e. The SMILES string of the molecule is O=C(c1ccccc1)c1cc(Cl)cc(-c2ccc3oc4ccccc4c3c2)c1. The Hall–Kier alpha value is -3.36. The van der Waals surface area contributed by atoms with Crippen LogP contribution >= 0.6 is 11.6 Å². The Balaban J connectivity index is 1.64. The summed E-state index contributed by atoms with van der Waals surface area (Å²) in [4.78, 5) is 12.9. The van der Waals surface area contributed by atoms with E-state index in [4.69, 9.17) is 16.0 Å². The van der Waals surface area contributed by atoms with E-state index in [2.05, 4.69) is 6.07 Å². The largest absolute Gasteiger partial charge is 0.456 e. The summed E-state index contributed by atoms with van der Waals surface area (Å²) in [6.07, 6.45) is 0. The number of ketones is 1. The molecular weight excluding hydrogens is 368 g/mol. The van der Waals surface area contributed by atoms with Crippen LogP contribution in [0.15, 0.2) is 95.4 Å². The summed E-state index contributed by atoms with van der Waals surface area (Å²) in [5, 5.41) is 2.65. The van der Waals surface area contributed by atoms with E-state index in [1.807, 2.05) is 78.9 Å². The van der Waals surface area contributed by atoms with Gasteiger partial charge in [0.2, 0.25) is 0 Å². The van der Waals surface area contributed by atoms with E-state index >= 15 is 0 Å². The fraction of sp³-hybridized carbons (Fsp3) is 0. The molecule has 0 N–H and O–H groups in total. The van der Waals surface area contributed by atoms with Crippen molar-refractivity contribution < 1.29 is 9.21 Å². The third kappa shape index (κ3) is 2.88. The first-order chi connectivity index (χ1) is 13.7. The maximum atomic E-state index is 12.9. The van der Waals surface area contributed by atoms with Gasteiger partial charge in [-0.05, 0) is 47.5 Å². The Kier molecular flexibility index (Phi) is 4.00. The highest BCUT2D eigenvalue weighted by molar-refractivity contribution is 6.31. The van der Waals surface area contributed by atoms with Crippen LogP contribution in [0.5, 0.6) is 0 Å². The highest BCUT2D eigenvalue weighted by Crippen LogP contribution is 2.33. The molecule has 0 aliphatic rings. The van der Waals surface area contributed by atoms with E-state index in [1.54, 1.807) is 6.07 Å². The predicted octanol–water partition coefficient (Wildman–Crippen LogP) is 7.14. The van der Waals surface area contributed by atoms with Crippen molar-refractivity contribution in [1.29, 1.82) is 0 Å². The standard InChI is InChI=1S/C25H15ClO2/c26-20-13-18(12-19(14-20)25(27)16-6-2-1-3-7-16)17-10-11-24-22(15-17)21-8-4-5-9-23(21)28-24/h1-15H. The predicted molar refractivity (Wildman–Crippen MR) is 114 cm³/mol. The molecule has 1 heterocycles. The number of para-hydroxylation sites is 1. The summed E-state index contributed by atoms with van der Waals surface area (Å²) in [6, 6.07) is 28.7. The molecule has 28 heavy (non-hydrogen) atoms. The van der Waals surface area contributed by atoms with Crippen molar-refractivity contribution >= 4 is 39.3 Å². The fourth-order valence-corrected chi connectivity index (χ4v) is 3.78. The Bertz CT molecular complexity index is 1330. The van der Waals surface area contributed by atoms with E-state index in [0.29, 0.717) is 16.1 Å². The van der Waals surface area contributed by atoms with Crippen LogP contribution in [-0.2, 0) is 0 Å². The number of carbonyl (C=O) groups is 1. The highest BCUT2D eigenvalue weighted by Gasteiger charge is 2.13. The first-order valence-electron chi connectivity index (χ1n) is 9.01. The maximum absolute atomic E-state index is 12.9. The van der Waals surface area contributed by atoms with Crippen molar-refractivity contribution in [3.05, 3.63) is 107 Å². The number of furan rings is 1. The van der Waals surface area contributed by atoms with Gasteiger partial charge in [-0.1, -0.05) is 66.2 Å². The number of fused-ring (bicyclic) bond motifs is 3. The Morgan fingerprint density at radius 1 is 0.643 bits per heavy atom. The maximum Gasteiger partial charge on any atom is 0.193 e. The number of rotatable bonds is 3. The summed E-state index contributed by atoms with van der Waals surface area (Å²) < 4.78 is 5.91. The van der Waals surface area contributed by atoms with Crippen LogP contribution in [0.4, 0.5) is 0 Å². The minimum absolute atomic E-state index is 0.0424. The molecule has 5 aromatic rings. The van der Waals surface area contributed by atoms with Crippen LogP contribution in [0.3, 0.4) is 0 Å². The normalized spacial score (nSPS) is 11.2. The van der Waals surface area contributed by atoms with Crippen LogP contribution < -0.4 is 0 Å². The van der Waals surface area contributed by atoms with Gasteiger partial charge in [-0.15, -0.1) is 0 Å². The number of hydrogen-bond donors (Lipinski definition) is 0. The number of hydrogen-bond acceptors (Lipinski definition) is 2. The van der Waals surface area contributed by atoms with Gasteiger partial charge in [-0.25, -0.2) is 0 Å². The molecule has 0 amide bonds. The van der Waals surface area contributed by atoms with Crippen LogP contribution in [-0.4, -0.2) is 5.78 Å². The summed E-state index contributed by atoms with van der Waals surface area (Å²) in [7, 11) is 0. The topological polar surface area (TPSA) is 30.2 Å². The molecule has 0 bridgehead atoms. The van der Waals surface area contributed by atoms with Crippen LogP contribution in [0.2, 0.25) is 5.02 Å². The van der Waals surface area contributed by atoms with Crippen molar-refractivity contribution in [3.8, 4) is 11.1 Å². The van der Waals surface area contributed by atoms with Crippen molar-refractivity contribution in [3.63, 3.8) is 0 Å². The summed E-state index contributed by atoms with van der Waals surface area (Å²) in [6.45, 7) is 0. The first kappa shape index (κ1) is 16.8. The van der Waals surface area contributed by atoms with Crippen LogP contribution in [0.25, 0.3) is 33.1 Å². The lowest BCUT2D eigenvalue weighted by Crippen LogP contribution is -2.01. The van der Waals surface area contributed by atoms with Gasteiger partial charge in [0, 0.05) is 26.9 Å². The highest BCUT2D eigenvalue weighted by atomic mass is 35.5. The zero-order valence-corrected chi connectivity index (χ0v) is 15.6. The van der Waals surface area contributed by atoms with Crippen molar-refractivity contribution in [1.82, 2.24) is 0 Å². The summed E-state index contributed by atoms with van der Waals surface area (Å²) in [5.74, 6) is -0.0424. The lowest BCUT2D eigenvalue weighted by molar-refractivity contribution is 0.103. The Labute approximate surface area is 167 Å². The molecule has 0 atom stereocenters. The molecular formula is C25H15ClO2. The van der Waals surface area contributed by atoms with Gasteiger partial charge in [-0.2, -0.15) is 0 Å². The Morgan fingerprint density at radius 2 is 1.39 bits per heavy atom. The van der Waals surface area contributed by atoms with Crippen LogP contribution in [0.1, 0.15) is 15.9 Å². The molecule has 1 aromatic heterocycles. The van der Waals surface area contributed by atoms with Crippen LogP contribution in [0, 0.1) is 0 Å². The molecule has 0 spiro atoms. The van der Waals surface area contributed by atoms with E-state index in [0.717, 1.165) is 33.1 Å². The van der Waals surface area contributed by atoms with Crippen molar-refractivity contribution in [2.45, 2.75) is 0 Å². The minimum Gasteiger partial charge on any atom is -0.456 e. The van der Waals surface area contributed by atoms with E-state index < -0.39 is 0 Å². The van der Waals surface area contributed by atoms with E-state index in [1.165, 1.54) is 0 Å². The van der Waals surface area contributed by atoms with Gasteiger partial charge in [0.05, 0.1) is 0 Å². The molecule has 4 aromatic carbocycles. The molecule has 0 radical (unpaired) electrons. The van der Waals surface area contributed by atoms with Gasteiger partial charge in [-0.3, -0.25) is 4.79 Å². The third-order valence-electron chi connectivity index (χ3n) is 4.91. The minimum atomic E-state index is -0.0424. The van der Waals surface area contributed by atoms with Gasteiger partial charge in [0.1, 0.15) is 11.2 Å². The third-order valence-corrected chi connectivity index (χ3v) is 5.12. The number of carbonyl (C=O) groups excluding carboxylic acids is 1. The summed E-state index contributed by atoms with van der Waals surface area (Å²) >= 11 is 6.35. The first-order valence-corrected chi connectivity index (χ1v) is 9.39. The molecule has 0 saturated carbocycles. The fourth-order valence-electron chi connectivity index (χ4n) is 3.55.